The molecule has 2 aromatic carbocycles. The normalized spacial score (nSPS) is 10.9. The monoisotopic (exact) mass is 256 g/mol. The van der Waals surface area contributed by atoms with Gasteiger partial charge >= 0.3 is 0 Å². The molecule has 0 atom stereocenters. The van der Waals surface area contributed by atoms with Crippen LogP contribution in [0.15, 0.2) is 52.3 Å². The maximum Gasteiger partial charge on any atom is 0.0154 e. The molecule has 0 aromatic heterocycles. The van der Waals surface area contributed by atoms with Crippen molar-refractivity contribution in [1.82, 2.24) is 0 Å². The van der Waals surface area contributed by atoms with E-state index in [0.29, 0.717) is 5.92 Å². The topological polar surface area (TPSA) is 0 Å². The van der Waals surface area contributed by atoms with Crippen molar-refractivity contribution < 1.29 is 0 Å². The Labute approximate surface area is 114 Å². The summed E-state index contributed by atoms with van der Waals surface area (Å²) in [5, 5.41) is 0. The highest BCUT2D eigenvalue weighted by Crippen LogP contribution is 2.32. The number of rotatable bonds is 3. The lowest BCUT2D eigenvalue weighted by molar-refractivity contribution is 0.860. The third-order valence-electron chi connectivity index (χ3n) is 3.13. The van der Waals surface area contributed by atoms with Crippen LogP contribution in [0.1, 0.15) is 36.5 Å². The highest BCUT2D eigenvalue weighted by molar-refractivity contribution is 7.99. The van der Waals surface area contributed by atoms with Gasteiger partial charge in [-0.2, -0.15) is 0 Å². The summed E-state index contributed by atoms with van der Waals surface area (Å²) in [6.45, 7) is 8.79. The van der Waals surface area contributed by atoms with Gasteiger partial charge in [-0.1, -0.05) is 55.4 Å². The molecule has 0 saturated carbocycles. The van der Waals surface area contributed by atoms with Gasteiger partial charge in [0.15, 0.2) is 0 Å². The van der Waals surface area contributed by atoms with Crippen LogP contribution >= 0.6 is 11.8 Å². The third-order valence-corrected chi connectivity index (χ3v) is 4.30. The molecule has 0 fully saturated rings. The van der Waals surface area contributed by atoms with Crippen LogP contribution in [-0.2, 0) is 0 Å². The van der Waals surface area contributed by atoms with Crippen LogP contribution in [-0.4, -0.2) is 0 Å². The van der Waals surface area contributed by atoms with E-state index in [2.05, 4.69) is 70.2 Å². The quantitative estimate of drug-likeness (QED) is 0.691. The van der Waals surface area contributed by atoms with Crippen LogP contribution in [0.4, 0.5) is 0 Å². The molecule has 0 saturated heterocycles. The molecule has 0 aliphatic carbocycles. The second kappa shape index (κ2) is 5.62. The van der Waals surface area contributed by atoms with E-state index in [-0.39, 0.29) is 0 Å². The minimum absolute atomic E-state index is 0.586. The van der Waals surface area contributed by atoms with Gasteiger partial charge in [0, 0.05) is 9.79 Å². The molecule has 1 heteroatoms. The summed E-state index contributed by atoms with van der Waals surface area (Å²) in [5.74, 6) is 0.586. The van der Waals surface area contributed by atoms with Crippen molar-refractivity contribution in [3.63, 3.8) is 0 Å². The van der Waals surface area contributed by atoms with E-state index in [0.717, 1.165) is 0 Å². The Balaban J connectivity index is 2.27. The Kier molecular flexibility index (Phi) is 4.13. The van der Waals surface area contributed by atoms with E-state index in [1.165, 1.54) is 26.5 Å². The van der Waals surface area contributed by atoms with E-state index >= 15 is 0 Å². The van der Waals surface area contributed by atoms with E-state index in [1.807, 2.05) is 11.8 Å². The van der Waals surface area contributed by atoms with Gasteiger partial charge < -0.3 is 0 Å². The van der Waals surface area contributed by atoms with E-state index in [4.69, 9.17) is 0 Å². The van der Waals surface area contributed by atoms with Gasteiger partial charge in [-0.05, 0) is 49.1 Å². The van der Waals surface area contributed by atoms with Crippen LogP contribution < -0.4 is 0 Å². The van der Waals surface area contributed by atoms with Crippen LogP contribution in [0.25, 0.3) is 0 Å². The molecule has 0 spiro atoms. The number of aryl methyl sites for hydroxylation is 2. The highest BCUT2D eigenvalue weighted by atomic mass is 32.2. The molecule has 0 aliphatic heterocycles. The maximum atomic E-state index is 2.32. The van der Waals surface area contributed by atoms with Crippen LogP contribution in [0.3, 0.4) is 0 Å². The summed E-state index contributed by atoms with van der Waals surface area (Å²) in [7, 11) is 0. The first kappa shape index (κ1) is 13.2. The van der Waals surface area contributed by atoms with Gasteiger partial charge in [0.25, 0.3) is 0 Å². The van der Waals surface area contributed by atoms with Gasteiger partial charge in [-0.25, -0.2) is 0 Å². The van der Waals surface area contributed by atoms with Gasteiger partial charge in [-0.15, -0.1) is 0 Å². The highest BCUT2D eigenvalue weighted by Gasteiger charge is 2.05. The van der Waals surface area contributed by atoms with Crippen molar-refractivity contribution in [3.8, 4) is 0 Å². The van der Waals surface area contributed by atoms with Crippen molar-refractivity contribution in [2.45, 2.75) is 43.4 Å². The van der Waals surface area contributed by atoms with E-state index in [9.17, 15) is 0 Å². The standard InChI is InChI=1S/C17H20S/c1-12(2)15-8-7-14(4)17(11-15)18-16-9-5-13(3)6-10-16/h5-12H,1-4H3. The SMILES string of the molecule is Cc1ccc(Sc2cc(C(C)C)ccc2C)cc1. The molecule has 0 N–H and O–H groups in total. The largest absolute Gasteiger partial charge is 0.0898 e. The minimum Gasteiger partial charge on any atom is -0.0898 e. The second-order valence-electron chi connectivity index (χ2n) is 5.09. The first-order valence-corrected chi connectivity index (χ1v) is 7.23. The molecule has 94 valence electrons. The number of hydrogen-bond donors (Lipinski definition) is 0. The Morgan fingerprint density at radius 3 is 2.17 bits per heavy atom. The van der Waals surface area contributed by atoms with Gasteiger partial charge in [0.1, 0.15) is 0 Å². The molecular formula is C17H20S. The lowest BCUT2D eigenvalue weighted by Gasteiger charge is -2.11. The summed E-state index contributed by atoms with van der Waals surface area (Å²) in [6.07, 6.45) is 0. The van der Waals surface area contributed by atoms with Crippen molar-refractivity contribution in [2.24, 2.45) is 0 Å². The summed E-state index contributed by atoms with van der Waals surface area (Å²) in [5.41, 5.74) is 4.08. The molecule has 2 aromatic rings. The Bertz CT molecular complexity index is 524. The fourth-order valence-corrected chi connectivity index (χ4v) is 2.77. The summed E-state index contributed by atoms with van der Waals surface area (Å²) in [6, 6.07) is 15.5. The Morgan fingerprint density at radius 1 is 0.889 bits per heavy atom. The molecular weight excluding hydrogens is 236 g/mol. The molecule has 0 amide bonds. The third kappa shape index (κ3) is 3.17. The van der Waals surface area contributed by atoms with E-state index < -0.39 is 0 Å². The predicted molar refractivity (Wildman–Crippen MR) is 80.6 cm³/mol. The molecule has 2 rings (SSSR count). The fourth-order valence-electron chi connectivity index (χ4n) is 1.82. The van der Waals surface area contributed by atoms with Gasteiger partial charge in [0.2, 0.25) is 0 Å². The zero-order valence-electron chi connectivity index (χ0n) is 11.5. The molecule has 0 aliphatic rings. The minimum atomic E-state index is 0.586. The smallest absolute Gasteiger partial charge is 0.0154 e. The van der Waals surface area contributed by atoms with Gasteiger partial charge in [-0.3, -0.25) is 0 Å². The number of hydrogen-bond acceptors (Lipinski definition) is 1. The lowest BCUT2D eigenvalue weighted by atomic mass is 10.0. The Morgan fingerprint density at radius 2 is 1.56 bits per heavy atom. The summed E-state index contributed by atoms with van der Waals surface area (Å²) >= 11 is 1.85. The van der Waals surface area contributed by atoms with Crippen molar-refractivity contribution in [3.05, 3.63) is 59.2 Å². The van der Waals surface area contributed by atoms with Crippen LogP contribution in [0, 0.1) is 13.8 Å². The van der Waals surface area contributed by atoms with Crippen molar-refractivity contribution in [1.29, 1.82) is 0 Å². The molecule has 18 heavy (non-hydrogen) atoms. The lowest BCUT2D eigenvalue weighted by Crippen LogP contribution is -1.89. The van der Waals surface area contributed by atoms with Crippen LogP contribution in [0.5, 0.6) is 0 Å². The second-order valence-corrected chi connectivity index (χ2v) is 6.21. The first-order valence-electron chi connectivity index (χ1n) is 6.41. The van der Waals surface area contributed by atoms with Crippen LogP contribution in [0.2, 0.25) is 0 Å². The molecule has 0 heterocycles. The Hall–Kier alpha value is -1.21. The summed E-state index contributed by atoms with van der Waals surface area (Å²) < 4.78 is 0. The number of benzene rings is 2. The first-order chi connectivity index (χ1) is 8.56. The zero-order valence-corrected chi connectivity index (χ0v) is 12.3. The fraction of sp³-hybridized carbons (Fsp3) is 0.294. The maximum absolute atomic E-state index is 2.32. The summed E-state index contributed by atoms with van der Waals surface area (Å²) in [4.78, 5) is 2.68. The average molecular weight is 256 g/mol. The predicted octanol–water partition coefficient (Wildman–Crippen LogP) is 5.58. The molecule has 0 nitrogen and oxygen atoms in total. The van der Waals surface area contributed by atoms with Crippen molar-refractivity contribution in [2.75, 3.05) is 0 Å². The van der Waals surface area contributed by atoms with E-state index in [1.54, 1.807) is 0 Å². The zero-order chi connectivity index (χ0) is 13.1. The average Bonchev–Trinajstić information content (AvgIpc) is 2.34. The van der Waals surface area contributed by atoms with Gasteiger partial charge in [0.05, 0.1) is 0 Å². The molecule has 0 unspecified atom stereocenters. The molecule has 0 bridgehead atoms. The molecule has 0 radical (unpaired) electrons. The van der Waals surface area contributed by atoms with Crippen molar-refractivity contribution >= 4 is 11.8 Å².